The normalized spacial score (nSPS) is 13.6. The van der Waals surface area contributed by atoms with Crippen molar-refractivity contribution in [2.45, 2.75) is 25.9 Å². The maximum atomic E-state index is 12.9. The average molecular weight is 391 g/mol. The SMILES string of the molecule is Cc1ccc2c(c1)C(=O)N(CCCC(=O)Oc1ccccc1C(F)(F)F)C2=O. The molecule has 5 nitrogen and oxygen atoms in total. The van der Waals surface area contributed by atoms with Gasteiger partial charge in [0.1, 0.15) is 5.75 Å². The molecule has 0 saturated carbocycles. The Labute approximate surface area is 158 Å². The standard InChI is InChI=1S/C20H16F3NO4/c1-12-8-9-13-14(11-12)19(27)24(18(13)26)10-4-7-17(25)28-16-6-3-2-5-15(16)20(21,22)23/h2-3,5-6,8-9,11H,4,7,10H2,1H3. The largest absolute Gasteiger partial charge is 0.426 e. The van der Waals surface area contributed by atoms with Crippen molar-refractivity contribution in [2.75, 3.05) is 6.54 Å². The van der Waals surface area contributed by atoms with Gasteiger partial charge >= 0.3 is 12.1 Å². The zero-order valence-corrected chi connectivity index (χ0v) is 14.9. The fraction of sp³-hybridized carbons (Fsp3) is 0.250. The summed E-state index contributed by atoms with van der Waals surface area (Å²) in [6.07, 6.45) is -4.80. The first kappa shape index (κ1) is 19.6. The molecule has 2 aromatic carbocycles. The van der Waals surface area contributed by atoms with Gasteiger partial charge in [0.2, 0.25) is 0 Å². The number of para-hydroxylation sites is 1. The smallest absolute Gasteiger partial charge is 0.419 e. The zero-order chi connectivity index (χ0) is 20.5. The molecule has 0 aromatic heterocycles. The number of halogens is 3. The van der Waals surface area contributed by atoms with Gasteiger partial charge < -0.3 is 4.74 Å². The predicted molar refractivity (Wildman–Crippen MR) is 92.9 cm³/mol. The highest BCUT2D eigenvalue weighted by Gasteiger charge is 2.36. The van der Waals surface area contributed by atoms with Crippen molar-refractivity contribution in [3.05, 3.63) is 64.7 Å². The number of hydrogen-bond donors (Lipinski definition) is 0. The number of rotatable bonds is 5. The highest BCUT2D eigenvalue weighted by atomic mass is 19.4. The van der Waals surface area contributed by atoms with Crippen molar-refractivity contribution in [1.29, 1.82) is 0 Å². The van der Waals surface area contributed by atoms with Crippen LogP contribution in [0, 0.1) is 6.92 Å². The minimum Gasteiger partial charge on any atom is -0.426 e. The van der Waals surface area contributed by atoms with E-state index in [1.54, 1.807) is 25.1 Å². The van der Waals surface area contributed by atoms with Gasteiger partial charge in [-0.1, -0.05) is 23.8 Å². The molecule has 0 radical (unpaired) electrons. The number of esters is 1. The molecule has 0 aliphatic carbocycles. The number of ether oxygens (including phenoxy) is 1. The third-order valence-electron chi connectivity index (χ3n) is 4.31. The number of carbonyl (C=O) groups is 3. The minimum absolute atomic E-state index is 0.0264. The lowest BCUT2D eigenvalue weighted by atomic mass is 10.1. The topological polar surface area (TPSA) is 63.7 Å². The first-order chi connectivity index (χ1) is 13.2. The molecule has 3 rings (SSSR count). The number of imide groups is 1. The molecule has 2 amide bonds. The van der Waals surface area contributed by atoms with Crippen LogP contribution in [-0.4, -0.2) is 29.2 Å². The molecule has 0 bridgehead atoms. The quantitative estimate of drug-likeness (QED) is 0.439. The van der Waals surface area contributed by atoms with E-state index in [0.717, 1.165) is 22.6 Å². The summed E-state index contributed by atoms with van der Waals surface area (Å²) in [5.41, 5.74) is 0.414. The second-order valence-corrected chi connectivity index (χ2v) is 6.38. The molecule has 1 heterocycles. The van der Waals surface area contributed by atoms with Crippen molar-refractivity contribution in [1.82, 2.24) is 4.90 Å². The van der Waals surface area contributed by atoms with Gasteiger partial charge in [-0.2, -0.15) is 13.2 Å². The Morgan fingerprint density at radius 3 is 2.43 bits per heavy atom. The molecule has 0 atom stereocenters. The molecule has 0 N–H and O–H groups in total. The molecule has 1 aliphatic heterocycles. The second-order valence-electron chi connectivity index (χ2n) is 6.38. The molecule has 8 heteroatoms. The van der Waals surface area contributed by atoms with E-state index in [1.165, 1.54) is 12.1 Å². The molecule has 2 aromatic rings. The number of benzene rings is 2. The Morgan fingerprint density at radius 1 is 1.04 bits per heavy atom. The van der Waals surface area contributed by atoms with Crippen LogP contribution < -0.4 is 4.74 Å². The highest BCUT2D eigenvalue weighted by molar-refractivity contribution is 6.21. The molecular formula is C20H16F3NO4. The molecule has 1 aliphatic rings. The molecule has 0 saturated heterocycles. The maximum absolute atomic E-state index is 12.9. The number of carbonyl (C=O) groups excluding carboxylic acids is 3. The molecular weight excluding hydrogens is 375 g/mol. The minimum atomic E-state index is -4.64. The summed E-state index contributed by atoms with van der Waals surface area (Å²) in [5.74, 6) is -2.34. The average Bonchev–Trinajstić information content (AvgIpc) is 2.85. The zero-order valence-electron chi connectivity index (χ0n) is 14.9. The van der Waals surface area contributed by atoms with Crippen LogP contribution in [0.1, 0.15) is 44.7 Å². The Kier molecular flexibility index (Phi) is 5.22. The molecule has 0 unspecified atom stereocenters. The van der Waals surface area contributed by atoms with Gasteiger partial charge in [0.05, 0.1) is 16.7 Å². The van der Waals surface area contributed by atoms with Crippen molar-refractivity contribution >= 4 is 17.8 Å². The summed E-state index contributed by atoms with van der Waals surface area (Å²) < 4.78 is 43.6. The van der Waals surface area contributed by atoms with Crippen LogP contribution in [-0.2, 0) is 11.0 Å². The Morgan fingerprint density at radius 2 is 1.71 bits per heavy atom. The van der Waals surface area contributed by atoms with Gasteiger partial charge in [-0.3, -0.25) is 19.3 Å². The molecule has 0 fully saturated rings. The monoisotopic (exact) mass is 391 g/mol. The lowest BCUT2D eigenvalue weighted by Gasteiger charge is -2.14. The predicted octanol–water partition coefficient (Wildman–Crippen LogP) is 4.00. The maximum Gasteiger partial charge on any atom is 0.419 e. The first-order valence-electron chi connectivity index (χ1n) is 8.52. The number of aryl methyl sites for hydroxylation is 1. The van der Waals surface area contributed by atoms with Gasteiger partial charge in [0.25, 0.3) is 11.8 Å². The third kappa shape index (κ3) is 3.90. The molecule has 146 valence electrons. The second kappa shape index (κ2) is 7.46. The van der Waals surface area contributed by atoms with E-state index in [1.807, 2.05) is 0 Å². The number of nitrogens with zero attached hydrogens (tertiary/aromatic N) is 1. The highest BCUT2D eigenvalue weighted by Crippen LogP contribution is 2.36. The van der Waals surface area contributed by atoms with Crippen LogP contribution >= 0.6 is 0 Å². The van der Waals surface area contributed by atoms with Crippen molar-refractivity contribution < 1.29 is 32.3 Å². The summed E-state index contributed by atoms with van der Waals surface area (Å²) in [7, 11) is 0. The Balaban J connectivity index is 1.59. The summed E-state index contributed by atoms with van der Waals surface area (Å²) in [4.78, 5) is 37.6. The molecule has 0 spiro atoms. The van der Waals surface area contributed by atoms with Crippen LogP contribution in [0.3, 0.4) is 0 Å². The van der Waals surface area contributed by atoms with E-state index in [0.29, 0.717) is 11.1 Å². The summed E-state index contributed by atoms with van der Waals surface area (Å²) in [5, 5.41) is 0. The number of amides is 2. The lowest BCUT2D eigenvalue weighted by Crippen LogP contribution is -2.31. The van der Waals surface area contributed by atoms with E-state index in [9.17, 15) is 27.6 Å². The van der Waals surface area contributed by atoms with Crippen LogP contribution in [0.25, 0.3) is 0 Å². The van der Waals surface area contributed by atoms with E-state index in [2.05, 4.69) is 0 Å². The summed E-state index contributed by atoms with van der Waals surface area (Å²) >= 11 is 0. The van der Waals surface area contributed by atoms with Crippen LogP contribution in [0.5, 0.6) is 5.75 Å². The Hall–Kier alpha value is -3.16. The van der Waals surface area contributed by atoms with Crippen molar-refractivity contribution in [2.24, 2.45) is 0 Å². The lowest BCUT2D eigenvalue weighted by molar-refractivity contribution is -0.142. The fourth-order valence-electron chi connectivity index (χ4n) is 2.95. The fourth-order valence-corrected chi connectivity index (χ4v) is 2.95. The van der Waals surface area contributed by atoms with Crippen molar-refractivity contribution in [3.63, 3.8) is 0 Å². The number of alkyl halides is 3. The van der Waals surface area contributed by atoms with E-state index < -0.39 is 35.3 Å². The molecule has 28 heavy (non-hydrogen) atoms. The summed E-state index contributed by atoms with van der Waals surface area (Å²) in [6.45, 7) is 1.77. The Bertz CT molecular complexity index is 953. The van der Waals surface area contributed by atoms with Gasteiger partial charge in [-0.05, 0) is 37.6 Å². The van der Waals surface area contributed by atoms with Gasteiger partial charge in [-0.15, -0.1) is 0 Å². The summed E-state index contributed by atoms with van der Waals surface area (Å²) in [6, 6.07) is 9.34. The van der Waals surface area contributed by atoms with Gasteiger partial charge in [0, 0.05) is 13.0 Å². The first-order valence-corrected chi connectivity index (χ1v) is 8.52. The van der Waals surface area contributed by atoms with Crippen molar-refractivity contribution in [3.8, 4) is 5.75 Å². The number of hydrogen-bond acceptors (Lipinski definition) is 4. The third-order valence-corrected chi connectivity index (χ3v) is 4.31. The van der Waals surface area contributed by atoms with E-state index in [-0.39, 0.29) is 19.4 Å². The van der Waals surface area contributed by atoms with E-state index in [4.69, 9.17) is 4.74 Å². The van der Waals surface area contributed by atoms with Crippen LogP contribution in [0.4, 0.5) is 13.2 Å². The van der Waals surface area contributed by atoms with E-state index >= 15 is 0 Å². The van der Waals surface area contributed by atoms with Gasteiger partial charge in [-0.25, -0.2) is 0 Å². The number of fused-ring (bicyclic) bond motifs is 1. The van der Waals surface area contributed by atoms with Gasteiger partial charge in [0.15, 0.2) is 0 Å². The van der Waals surface area contributed by atoms with Crippen LogP contribution in [0.15, 0.2) is 42.5 Å². The van der Waals surface area contributed by atoms with Crippen LogP contribution in [0.2, 0.25) is 0 Å².